The standard InChI is InChI=1S/C55H39NO/c1-38-53-16-7-8-17-54(53)57-55(38)49-15-9-14-47(37-49)44-26-32-51(33-27-44)56(52-34-28-45(29-35-52)48-23-22-40-12-5-6-13-46(40)36-48)50-30-24-43(25-31-50)42-20-18-41(19-21-42)39-10-3-2-4-11-39/h2-37H,1H3. The Hall–Kier alpha value is -7.42. The number of para-hydroxylation sites is 1. The van der Waals surface area contributed by atoms with Crippen LogP contribution in [0.2, 0.25) is 0 Å². The van der Waals surface area contributed by atoms with E-state index < -0.39 is 0 Å². The summed E-state index contributed by atoms with van der Waals surface area (Å²) in [5.41, 5.74) is 15.9. The lowest BCUT2D eigenvalue weighted by Crippen LogP contribution is -2.09. The maximum absolute atomic E-state index is 6.33. The van der Waals surface area contributed by atoms with Crippen LogP contribution in [-0.2, 0) is 0 Å². The summed E-state index contributed by atoms with van der Waals surface area (Å²) in [6.45, 7) is 2.14. The predicted molar refractivity (Wildman–Crippen MR) is 240 cm³/mol. The summed E-state index contributed by atoms with van der Waals surface area (Å²) in [4.78, 5) is 2.34. The van der Waals surface area contributed by atoms with E-state index in [0.29, 0.717) is 0 Å². The minimum absolute atomic E-state index is 0.916. The molecule has 0 aliphatic heterocycles. The molecule has 57 heavy (non-hydrogen) atoms. The molecule has 0 aliphatic carbocycles. The van der Waals surface area contributed by atoms with Gasteiger partial charge in [0.25, 0.3) is 0 Å². The number of furan rings is 1. The summed E-state index contributed by atoms with van der Waals surface area (Å²) < 4.78 is 6.33. The van der Waals surface area contributed by atoms with Gasteiger partial charge in [0.1, 0.15) is 11.3 Å². The number of rotatable bonds is 8. The van der Waals surface area contributed by atoms with Gasteiger partial charge in [0.15, 0.2) is 0 Å². The molecule has 0 saturated heterocycles. The first kappa shape index (κ1) is 34.1. The van der Waals surface area contributed by atoms with Crippen LogP contribution < -0.4 is 4.90 Å². The van der Waals surface area contributed by atoms with Crippen LogP contribution in [-0.4, -0.2) is 0 Å². The van der Waals surface area contributed by atoms with Gasteiger partial charge >= 0.3 is 0 Å². The van der Waals surface area contributed by atoms with E-state index in [1.54, 1.807) is 0 Å². The summed E-state index contributed by atoms with van der Waals surface area (Å²) >= 11 is 0. The second-order valence-electron chi connectivity index (χ2n) is 14.6. The fourth-order valence-corrected chi connectivity index (χ4v) is 8.00. The zero-order chi connectivity index (χ0) is 38.1. The molecule has 10 aromatic rings. The summed E-state index contributed by atoms with van der Waals surface area (Å²) in [6.07, 6.45) is 0. The Labute approximate surface area is 333 Å². The van der Waals surface area contributed by atoms with Gasteiger partial charge in [0.2, 0.25) is 0 Å². The normalized spacial score (nSPS) is 11.2. The van der Waals surface area contributed by atoms with Gasteiger partial charge in [-0.2, -0.15) is 0 Å². The van der Waals surface area contributed by atoms with Crippen molar-refractivity contribution in [3.05, 3.63) is 224 Å². The maximum Gasteiger partial charge on any atom is 0.138 e. The van der Waals surface area contributed by atoms with Crippen molar-refractivity contribution in [3.8, 4) is 55.8 Å². The number of nitrogens with zero attached hydrogens (tertiary/aromatic N) is 1. The van der Waals surface area contributed by atoms with Gasteiger partial charge in [-0.3, -0.25) is 0 Å². The molecular formula is C55H39NO. The molecule has 9 aromatic carbocycles. The van der Waals surface area contributed by atoms with Crippen LogP contribution in [0.25, 0.3) is 77.6 Å². The van der Waals surface area contributed by atoms with Gasteiger partial charge in [0.05, 0.1) is 0 Å². The number of anilines is 3. The molecular weight excluding hydrogens is 691 g/mol. The zero-order valence-electron chi connectivity index (χ0n) is 31.6. The molecule has 0 fully saturated rings. The van der Waals surface area contributed by atoms with Gasteiger partial charge in [-0.05, 0) is 117 Å². The third-order valence-electron chi connectivity index (χ3n) is 11.1. The molecule has 0 spiro atoms. The first-order valence-electron chi connectivity index (χ1n) is 19.5. The van der Waals surface area contributed by atoms with Crippen molar-refractivity contribution < 1.29 is 4.42 Å². The molecule has 1 aromatic heterocycles. The van der Waals surface area contributed by atoms with Crippen LogP contribution >= 0.6 is 0 Å². The Morgan fingerprint density at radius 1 is 0.316 bits per heavy atom. The number of fused-ring (bicyclic) bond motifs is 2. The second kappa shape index (κ2) is 14.7. The minimum atomic E-state index is 0.916. The molecule has 0 unspecified atom stereocenters. The van der Waals surface area contributed by atoms with Crippen molar-refractivity contribution >= 4 is 38.8 Å². The van der Waals surface area contributed by atoms with Gasteiger partial charge in [-0.1, -0.05) is 164 Å². The monoisotopic (exact) mass is 729 g/mol. The highest BCUT2D eigenvalue weighted by molar-refractivity contribution is 5.90. The lowest BCUT2D eigenvalue weighted by molar-refractivity contribution is 0.629. The third-order valence-corrected chi connectivity index (χ3v) is 11.1. The lowest BCUT2D eigenvalue weighted by atomic mass is 9.99. The Kier molecular flexibility index (Phi) is 8.78. The van der Waals surface area contributed by atoms with Crippen LogP contribution in [0.4, 0.5) is 17.1 Å². The highest BCUT2D eigenvalue weighted by atomic mass is 16.3. The number of hydrogen-bond acceptors (Lipinski definition) is 2. The molecule has 2 heteroatoms. The van der Waals surface area contributed by atoms with Crippen LogP contribution in [0.3, 0.4) is 0 Å². The van der Waals surface area contributed by atoms with Gasteiger partial charge < -0.3 is 9.32 Å². The van der Waals surface area contributed by atoms with Crippen LogP contribution in [0.1, 0.15) is 5.56 Å². The van der Waals surface area contributed by atoms with E-state index in [9.17, 15) is 0 Å². The van der Waals surface area contributed by atoms with Crippen molar-refractivity contribution in [1.29, 1.82) is 0 Å². The quantitative estimate of drug-likeness (QED) is 0.155. The summed E-state index contributed by atoms with van der Waals surface area (Å²) in [5, 5.41) is 3.65. The Balaban J connectivity index is 0.985. The average Bonchev–Trinajstić information content (AvgIpc) is 3.63. The zero-order valence-corrected chi connectivity index (χ0v) is 31.6. The molecule has 0 atom stereocenters. The summed E-state index contributed by atoms with van der Waals surface area (Å²) in [7, 11) is 0. The van der Waals surface area contributed by atoms with E-state index in [2.05, 4.69) is 218 Å². The van der Waals surface area contributed by atoms with Crippen LogP contribution in [0.5, 0.6) is 0 Å². The summed E-state index contributed by atoms with van der Waals surface area (Å²) in [5.74, 6) is 0.920. The van der Waals surface area contributed by atoms with Crippen molar-refractivity contribution in [2.45, 2.75) is 6.92 Å². The number of benzene rings is 9. The first-order chi connectivity index (χ1) is 28.1. The Morgan fingerprint density at radius 3 is 1.33 bits per heavy atom. The molecule has 1 heterocycles. The highest BCUT2D eigenvalue weighted by Crippen LogP contribution is 2.39. The van der Waals surface area contributed by atoms with Crippen molar-refractivity contribution in [3.63, 3.8) is 0 Å². The molecule has 0 radical (unpaired) electrons. The van der Waals surface area contributed by atoms with Gasteiger partial charge in [-0.25, -0.2) is 0 Å². The molecule has 2 nitrogen and oxygen atoms in total. The SMILES string of the molecule is Cc1c(-c2cccc(-c3ccc(N(c4ccc(-c5ccc(-c6ccccc6)cc5)cc4)c4ccc(-c5ccc6ccccc6c5)cc4)cc3)c2)oc2ccccc12. The van der Waals surface area contributed by atoms with Crippen LogP contribution in [0.15, 0.2) is 223 Å². The largest absolute Gasteiger partial charge is 0.456 e. The average molecular weight is 730 g/mol. The van der Waals surface area contributed by atoms with E-state index in [-0.39, 0.29) is 0 Å². The maximum atomic E-state index is 6.33. The Morgan fingerprint density at radius 2 is 0.737 bits per heavy atom. The van der Waals surface area contributed by atoms with E-state index in [0.717, 1.165) is 56.0 Å². The summed E-state index contributed by atoms with van der Waals surface area (Å²) in [6, 6.07) is 78.2. The van der Waals surface area contributed by atoms with Crippen molar-refractivity contribution in [1.82, 2.24) is 0 Å². The Bertz CT molecular complexity index is 2980. The van der Waals surface area contributed by atoms with Crippen LogP contribution in [0, 0.1) is 6.92 Å². The van der Waals surface area contributed by atoms with Gasteiger partial charge in [0, 0.05) is 33.6 Å². The molecule has 10 rings (SSSR count). The molecule has 270 valence electrons. The van der Waals surface area contributed by atoms with E-state index in [1.165, 1.54) is 44.2 Å². The molecule has 0 N–H and O–H groups in total. The first-order valence-corrected chi connectivity index (χ1v) is 19.5. The molecule has 0 saturated carbocycles. The second-order valence-corrected chi connectivity index (χ2v) is 14.6. The number of hydrogen-bond donors (Lipinski definition) is 0. The molecule has 0 aliphatic rings. The fraction of sp³-hybridized carbons (Fsp3) is 0.0182. The minimum Gasteiger partial charge on any atom is -0.456 e. The lowest BCUT2D eigenvalue weighted by Gasteiger charge is -2.26. The molecule has 0 bridgehead atoms. The molecule has 0 amide bonds. The van der Waals surface area contributed by atoms with E-state index >= 15 is 0 Å². The fourth-order valence-electron chi connectivity index (χ4n) is 8.00. The smallest absolute Gasteiger partial charge is 0.138 e. The predicted octanol–water partition coefficient (Wildman–Crippen LogP) is 15.7. The number of aryl methyl sites for hydroxylation is 1. The van der Waals surface area contributed by atoms with Crippen molar-refractivity contribution in [2.75, 3.05) is 4.90 Å². The highest BCUT2D eigenvalue weighted by Gasteiger charge is 2.16. The third kappa shape index (κ3) is 6.68. The van der Waals surface area contributed by atoms with E-state index in [1.807, 2.05) is 12.1 Å². The van der Waals surface area contributed by atoms with E-state index in [4.69, 9.17) is 4.42 Å². The topological polar surface area (TPSA) is 16.4 Å². The van der Waals surface area contributed by atoms with Crippen molar-refractivity contribution in [2.24, 2.45) is 0 Å². The van der Waals surface area contributed by atoms with Gasteiger partial charge in [-0.15, -0.1) is 0 Å².